The second kappa shape index (κ2) is 6.33. The van der Waals surface area contributed by atoms with Crippen molar-refractivity contribution in [3.8, 4) is 0 Å². The number of amides is 1. The summed E-state index contributed by atoms with van der Waals surface area (Å²) in [6.07, 6.45) is 7.30. The summed E-state index contributed by atoms with van der Waals surface area (Å²) < 4.78 is 11.9. The molecule has 0 radical (unpaired) electrons. The van der Waals surface area contributed by atoms with Gasteiger partial charge in [-0.3, -0.25) is 4.79 Å². The summed E-state index contributed by atoms with van der Waals surface area (Å²) >= 11 is 2.04. The summed E-state index contributed by atoms with van der Waals surface area (Å²) in [5, 5.41) is 0. The lowest BCUT2D eigenvalue weighted by molar-refractivity contribution is -0.144. The Bertz CT molecular complexity index is 414. The average molecular weight is 325 g/mol. The highest BCUT2D eigenvalue weighted by Gasteiger charge is 2.52. The van der Waals surface area contributed by atoms with E-state index in [-0.39, 0.29) is 0 Å². The highest BCUT2D eigenvalue weighted by atomic mass is 32.2. The molecule has 124 valence electrons. The van der Waals surface area contributed by atoms with Crippen LogP contribution in [0.15, 0.2) is 0 Å². The van der Waals surface area contributed by atoms with E-state index in [1.807, 2.05) is 11.8 Å². The molecule has 4 nitrogen and oxygen atoms in total. The van der Waals surface area contributed by atoms with Crippen LogP contribution in [0.3, 0.4) is 0 Å². The summed E-state index contributed by atoms with van der Waals surface area (Å²) in [5.74, 6) is 2.57. The Hall–Kier alpha value is -0.260. The molecule has 1 atom stereocenters. The van der Waals surface area contributed by atoms with E-state index in [4.69, 9.17) is 9.47 Å². The van der Waals surface area contributed by atoms with Gasteiger partial charge in [-0.2, -0.15) is 0 Å². The third-order valence-electron chi connectivity index (χ3n) is 5.81. The maximum absolute atomic E-state index is 12.2. The van der Waals surface area contributed by atoms with Crippen molar-refractivity contribution in [1.82, 2.24) is 4.90 Å². The number of likely N-dealkylation sites (tertiary alicyclic amines) is 1. The minimum Gasteiger partial charge on any atom is -0.381 e. The smallest absolute Gasteiger partial charge is 0.225 e. The third kappa shape index (κ3) is 3.04. The zero-order valence-electron chi connectivity index (χ0n) is 13.3. The predicted octanol–water partition coefficient (Wildman–Crippen LogP) is 2.32. The number of ether oxygens (including phenoxy) is 2. The third-order valence-corrected chi connectivity index (χ3v) is 7.38. The van der Waals surface area contributed by atoms with Crippen molar-refractivity contribution in [1.29, 1.82) is 0 Å². The quantitative estimate of drug-likeness (QED) is 0.795. The molecule has 1 unspecified atom stereocenters. The van der Waals surface area contributed by atoms with Gasteiger partial charge in [-0.05, 0) is 38.0 Å². The van der Waals surface area contributed by atoms with Gasteiger partial charge in [0.2, 0.25) is 5.91 Å². The molecule has 1 aliphatic carbocycles. The van der Waals surface area contributed by atoms with Gasteiger partial charge in [-0.25, -0.2) is 0 Å². The number of thioether (sulfide) groups is 1. The molecule has 4 aliphatic rings. The fraction of sp³-hybridized carbons (Fsp3) is 0.941. The van der Waals surface area contributed by atoms with Crippen molar-refractivity contribution in [3.63, 3.8) is 0 Å². The molecule has 1 amide bonds. The molecular weight excluding hydrogens is 298 g/mol. The minimum absolute atomic E-state index is 0.319. The molecule has 4 rings (SSSR count). The van der Waals surface area contributed by atoms with Gasteiger partial charge < -0.3 is 14.4 Å². The lowest BCUT2D eigenvalue weighted by Gasteiger charge is -2.49. The number of rotatable bonds is 4. The largest absolute Gasteiger partial charge is 0.381 e. The van der Waals surface area contributed by atoms with Crippen molar-refractivity contribution in [2.45, 2.75) is 49.4 Å². The molecule has 22 heavy (non-hydrogen) atoms. The molecule has 0 N–H and O–H groups in total. The van der Waals surface area contributed by atoms with E-state index in [0.29, 0.717) is 28.6 Å². The second-order valence-electron chi connectivity index (χ2n) is 7.53. The minimum atomic E-state index is 0.319. The van der Waals surface area contributed by atoms with Crippen LogP contribution in [0.2, 0.25) is 0 Å². The van der Waals surface area contributed by atoms with Gasteiger partial charge in [0.1, 0.15) is 0 Å². The Morgan fingerprint density at radius 3 is 2.68 bits per heavy atom. The van der Waals surface area contributed by atoms with Gasteiger partial charge in [0.15, 0.2) is 0 Å². The van der Waals surface area contributed by atoms with Crippen LogP contribution in [-0.4, -0.2) is 60.3 Å². The van der Waals surface area contributed by atoms with E-state index in [1.54, 1.807) is 0 Å². The van der Waals surface area contributed by atoms with Crippen LogP contribution < -0.4 is 0 Å². The molecule has 3 saturated heterocycles. The first-order valence-electron chi connectivity index (χ1n) is 8.86. The molecule has 5 heteroatoms. The Labute approximate surface area is 137 Å². The topological polar surface area (TPSA) is 38.8 Å². The lowest BCUT2D eigenvalue weighted by Crippen LogP contribution is -2.62. The zero-order chi connectivity index (χ0) is 15.0. The number of carbonyl (C=O) groups is 1. The van der Waals surface area contributed by atoms with Gasteiger partial charge in [-0.15, -0.1) is 11.8 Å². The molecule has 0 bridgehead atoms. The molecule has 1 saturated carbocycles. The van der Waals surface area contributed by atoms with Crippen LogP contribution in [0.1, 0.15) is 38.5 Å². The summed E-state index contributed by atoms with van der Waals surface area (Å²) in [6.45, 7) is 4.62. The molecule has 0 aromatic heterocycles. The number of hydrogen-bond acceptors (Lipinski definition) is 4. The van der Waals surface area contributed by atoms with E-state index in [0.717, 1.165) is 70.8 Å². The highest BCUT2D eigenvalue weighted by molar-refractivity contribution is 8.01. The van der Waals surface area contributed by atoms with E-state index >= 15 is 0 Å². The van der Waals surface area contributed by atoms with E-state index in [2.05, 4.69) is 4.90 Å². The van der Waals surface area contributed by atoms with E-state index in [9.17, 15) is 4.79 Å². The van der Waals surface area contributed by atoms with Gasteiger partial charge in [0.05, 0.1) is 10.9 Å². The maximum atomic E-state index is 12.2. The van der Waals surface area contributed by atoms with Crippen LogP contribution in [0.4, 0.5) is 0 Å². The Morgan fingerprint density at radius 2 is 2.00 bits per heavy atom. The van der Waals surface area contributed by atoms with Gasteiger partial charge in [0, 0.05) is 44.6 Å². The van der Waals surface area contributed by atoms with Gasteiger partial charge in [-0.1, -0.05) is 6.42 Å². The highest BCUT2D eigenvalue weighted by Crippen LogP contribution is 2.47. The molecule has 1 spiro atoms. The summed E-state index contributed by atoms with van der Waals surface area (Å²) in [5.41, 5.74) is 0. The lowest BCUT2D eigenvalue weighted by atomic mass is 9.82. The molecule has 3 aliphatic heterocycles. The monoisotopic (exact) mass is 325 g/mol. The first kappa shape index (κ1) is 15.3. The maximum Gasteiger partial charge on any atom is 0.225 e. The van der Waals surface area contributed by atoms with Crippen LogP contribution in [0.5, 0.6) is 0 Å². The van der Waals surface area contributed by atoms with Crippen molar-refractivity contribution in [2.24, 2.45) is 11.8 Å². The molecule has 4 fully saturated rings. The fourth-order valence-electron chi connectivity index (χ4n) is 4.03. The van der Waals surface area contributed by atoms with Crippen molar-refractivity contribution in [3.05, 3.63) is 0 Å². The number of nitrogens with zero attached hydrogens (tertiary/aromatic N) is 1. The van der Waals surface area contributed by atoms with Gasteiger partial charge >= 0.3 is 0 Å². The standard InChI is InChI=1S/C17H27NO3S/c19-16(14-2-1-3-14)18-11-17(12-18)8-15(10-22-17)21-9-13-4-6-20-7-5-13/h13-15H,1-12H2. The normalized spacial score (nSPS) is 32.0. The van der Waals surface area contributed by atoms with E-state index < -0.39 is 0 Å². The molecule has 3 heterocycles. The van der Waals surface area contributed by atoms with E-state index in [1.165, 1.54) is 6.42 Å². The average Bonchev–Trinajstić information content (AvgIpc) is 2.87. The van der Waals surface area contributed by atoms with Crippen molar-refractivity contribution >= 4 is 17.7 Å². The van der Waals surface area contributed by atoms with Gasteiger partial charge in [0.25, 0.3) is 0 Å². The Balaban J connectivity index is 1.19. The van der Waals surface area contributed by atoms with Crippen molar-refractivity contribution < 1.29 is 14.3 Å². The summed E-state index contributed by atoms with van der Waals surface area (Å²) in [6, 6.07) is 0. The Morgan fingerprint density at radius 1 is 1.23 bits per heavy atom. The molecular formula is C17H27NO3S. The second-order valence-corrected chi connectivity index (χ2v) is 9.02. The first-order chi connectivity index (χ1) is 10.7. The van der Waals surface area contributed by atoms with Crippen LogP contribution >= 0.6 is 11.8 Å². The fourth-order valence-corrected chi connectivity index (χ4v) is 5.59. The first-order valence-corrected chi connectivity index (χ1v) is 9.85. The molecule has 0 aromatic rings. The van der Waals surface area contributed by atoms with Crippen molar-refractivity contribution in [2.75, 3.05) is 38.7 Å². The number of hydrogen-bond donors (Lipinski definition) is 0. The number of carbonyl (C=O) groups excluding carboxylic acids is 1. The predicted molar refractivity (Wildman–Crippen MR) is 87.0 cm³/mol. The summed E-state index contributed by atoms with van der Waals surface area (Å²) in [4.78, 5) is 14.3. The SMILES string of the molecule is O=C(C1CCC1)N1CC2(CC(OCC3CCOCC3)CS2)C1. The van der Waals surface area contributed by atoms with Crippen LogP contribution in [0.25, 0.3) is 0 Å². The molecule has 0 aromatic carbocycles. The van der Waals surface area contributed by atoms with Crippen LogP contribution in [-0.2, 0) is 14.3 Å². The summed E-state index contributed by atoms with van der Waals surface area (Å²) in [7, 11) is 0. The van der Waals surface area contributed by atoms with Crippen LogP contribution in [0, 0.1) is 11.8 Å². The zero-order valence-corrected chi connectivity index (χ0v) is 14.1. The Kier molecular flexibility index (Phi) is 4.39.